The summed E-state index contributed by atoms with van der Waals surface area (Å²) < 4.78 is 11.0. The fourth-order valence-electron chi connectivity index (χ4n) is 2.57. The molecule has 9 heteroatoms. The van der Waals surface area contributed by atoms with Crippen LogP contribution in [0, 0.1) is 0 Å². The lowest BCUT2D eigenvalue weighted by molar-refractivity contribution is -0.115. The van der Waals surface area contributed by atoms with Crippen LogP contribution in [-0.4, -0.2) is 34.4 Å². The number of rotatable bonds is 2. The van der Waals surface area contributed by atoms with Crippen molar-refractivity contribution in [1.82, 2.24) is 10.5 Å². The number of carbonyl (C=O) groups excluding carboxylic acids is 2. The van der Waals surface area contributed by atoms with Gasteiger partial charge in [0.15, 0.2) is 0 Å². The third kappa shape index (κ3) is 3.03. The van der Waals surface area contributed by atoms with Gasteiger partial charge in [-0.05, 0) is 23.8 Å². The van der Waals surface area contributed by atoms with Crippen LogP contribution in [0.4, 0.5) is 5.69 Å². The fraction of sp³-hybridized carbons (Fsp3) is 0.125. The number of thiocarbonyl (C=S) groups is 1. The maximum absolute atomic E-state index is 12.6. The highest BCUT2D eigenvalue weighted by Gasteiger charge is 2.27. The Hall–Kier alpha value is -2.65. The van der Waals surface area contributed by atoms with E-state index in [1.165, 1.54) is 24.0 Å². The number of hydrogen-bond donors (Lipinski definition) is 1. The zero-order chi connectivity index (χ0) is 17.4. The summed E-state index contributed by atoms with van der Waals surface area (Å²) in [4.78, 5) is 26.5. The molecule has 0 aliphatic carbocycles. The van der Waals surface area contributed by atoms with Crippen LogP contribution < -0.4 is 15.0 Å². The average molecular weight is 373 g/mol. The highest BCUT2D eigenvalue weighted by atomic mass is 32.2. The quantitative estimate of drug-likeness (QED) is 0.638. The monoisotopic (exact) mass is 373 g/mol. The standard InChI is InChI=1S/C16H11N3O4S2/c20-14-13(25-16(24)18-14)8-9-1-2-11-10(7-9)19(5-6-22-11)15(21)12-3-4-17-23-12/h1-4,7-8H,5-6H2,(H,18,20,24)/b13-8-. The molecule has 25 heavy (non-hydrogen) atoms. The van der Waals surface area contributed by atoms with Crippen molar-refractivity contribution in [3.8, 4) is 5.75 Å². The molecule has 4 rings (SSSR count). The van der Waals surface area contributed by atoms with E-state index < -0.39 is 0 Å². The van der Waals surface area contributed by atoms with Crippen molar-refractivity contribution in [2.45, 2.75) is 0 Å². The number of nitrogens with zero attached hydrogens (tertiary/aromatic N) is 2. The van der Waals surface area contributed by atoms with Gasteiger partial charge in [-0.2, -0.15) is 0 Å². The predicted molar refractivity (Wildman–Crippen MR) is 96.4 cm³/mol. The van der Waals surface area contributed by atoms with E-state index in [4.69, 9.17) is 21.5 Å². The highest BCUT2D eigenvalue weighted by Crippen LogP contribution is 2.35. The lowest BCUT2D eigenvalue weighted by atomic mass is 10.1. The maximum Gasteiger partial charge on any atom is 0.297 e. The first-order valence-corrected chi connectivity index (χ1v) is 8.58. The van der Waals surface area contributed by atoms with Crippen LogP contribution in [0.15, 0.2) is 39.9 Å². The summed E-state index contributed by atoms with van der Waals surface area (Å²) in [5, 5.41) is 6.15. The lowest BCUT2D eigenvalue weighted by Crippen LogP contribution is -2.37. The summed E-state index contributed by atoms with van der Waals surface area (Å²) in [6.07, 6.45) is 3.15. The van der Waals surface area contributed by atoms with Crippen molar-refractivity contribution >= 4 is 51.9 Å². The van der Waals surface area contributed by atoms with Gasteiger partial charge in [0.05, 0.1) is 23.3 Å². The van der Waals surface area contributed by atoms with Gasteiger partial charge in [-0.25, -0.2) is 0 Å². The molecule has 0 atom stereocenters. The molecule has 2 aromatic rings. The Morgan fingerprint density at radius 1 is 1.40 bits per heavy atom. The number of amides is 2. The van der Waals surface area contributed by atoms with E-state index in [0.717, 1.165) is 5.56 Å². The molecule has 0 unspecified atom stereocenters. The summed E-state index contributed by atoms with van der Waals surface area (Å²) in [5.41, 5.74) is 1.38. The van der Waals surface area contributed by atoms with E-state index in [9.17, 15) is 9.59 Å². The van der Waals surface area contributed by atoms with Gasteiger partial charge in [0, 0.05) is 6.07 Å². The van der Waals surface area contributed by atoms with Gasteiger partial charge < -0.3 is 14.6 Å². The molecule has 3 heterocycles. The number of ether oxygens (including phenoxy) is 1. The van der Waals surface area contributed by atoms with E-state index in [1.807, 2.05) is 6.07 Å². The minimum Gasteiger partial charge on any atom is -0.490 e. The van der Waals surface area contributed by atoms with Gasteiger partial charge >= 0.3 is 0 Å². The van der Waals surface area contributed by atoms with Gasteiger partial charge in [-0.1, -0.05) is 35.2 Å². The molecule has 0 radical (unpaired) electrons. The van der Waals surface area contributed by atoms with Crippen molar-refractivity contribution in [2.75, 3.05) is 18.1 Å². The van der Waals surface area contributed by atoms with Crippen molar-refractivity contribution in [3.63, 3.8) is 0 Å². The molecular weight excluding hydrogens is 362 g/mol. The van der Waals surface area contributed by atoms with Crippen molar-refractivity contribution in [3.05, 3.63) is 46.7 Å². The SMILES string of the molecule is O=C1NC(=S)S/C1=C\c1ccc2c(c1)N(C(=O)c1ccno1)CCO2. The minimum absolute atomic E-state index is 0.160. The number of anilines is 1. The lowest BCUT2D eigenvalue weighted by Gasteiger charge is -2.29. The average Bonchev–Trinajstić information content (AvgIpc) is 3.24. The van der Waals surface area contributed by atoms with Gasteiger partial charge in [0.2, 0.25) is 5.76 Å². The molecular formula is C16H11N3O4S2. The molecule has 1 aromatic heterocycles. The van der Waals surface area contributed by atoms with E-state index in [2.05, 4.69) is 10.5 Å². The Bertz CT molecular complexity index is 908. The number of hydrogen-bond acceptors (Lipinski definition) is 7. The Morgan fingerprint density at radius 3 is 3.00 bits per heavy atom. The van der Waals surface area contributed by atoms with E-state index >= 15 is 0 Å². The smallest absolute Gasteiger partial charge is 0.297 e. The summed E-state index contributed by atoms with van der Waals surface area (Å²) >= 11 is 6.19. The van der Waals surface area contributed by atoms with Gasteiger partial charge in [0.1, 0.15) is 16.7 Å². The van der Waals surface area contributed by atoms with E-state index in [-0.39, 0.29) is 17.6 Å². The number of carbonyl (C=O) groups is 2. The Kier molecular flexibility index (Phi) is 4.02. The van der Waals surface area contributed by atoms with Crippen LogP contribution in [0.5, 0.6) is 5.75 Å². The first-order valence-electron chi connectivity index (χ1n) is 7.36. The highest BCUT2D eigenvalue weighted by molar-refractivity contribution is 8.26. The first-order chi connectivity index (χ1) is 12.1. The maximum atomic E-state index is 12.6. The Balaban J connectivity index is 1.69. The number of nitrogens with one attached hydrogen (secondary N) is 1. The fourth-order valence-corrected chi connectivity index (χ4v) is 3.61. The molecule has 0 bridgehead atoms. The normalized spacial score (nSPS) is 18.1. The van der Waals surface area contributed by atoms with E-state index in [0.29, 0.717) is 33.8 Å². The summed E-state index contributed by atoms with van der Waals surface area (Å²) in [5.74, 6) is 0.243. The topological polar surface area (TPSA) is 84.7 Å². The molecule has 0 saturated carbocycles. The van der Waals surface area contributed by atoms with Gasteiger partial charge in [0.25, 0.3) is 11.8 Å². The molecule has 1 aromatic carbocycles. The molecule has 1 saturated heterocycles. The van der Waals surface area contributed by atoms with Gasteiger partial charge in [-0.3, -0.25) is 14.5 Å². The van der Waals surface area contributed by atoms with Crippen LogP contribution in [0.1, 0.15) is 16.1 Å². The number of thioether (sulfide) groups is 1. The van der Waals surface area contributed by atoms with Crippen LogP contribution in [0.3, 0.4) is 0 Å². The van der Waals surface area contributed by atoms with Crippen molar-refractivity contribution in [1.29, 1.82) is 0 Å². The molecule has 0 spiro atoms. The van der Waals surface area contributed by atoms with E-state index in [1.54, 1.807) is 23.1 Å². The number of aromatic nitrogens is 1. The number of benzene rings is 1. The van der Waals surface area contributed by atoms with Crippen LogP contribution in [0.2, 0.25) is 0 Å². The minimum atomic E-state index is -0.291. The molecule has 1 fully saturated rings. The zero-order valence-electron chi connectivity index (χ0n) is 12.7. The van der Waals surface area contributed by atoms with Gasteiger partial charge in [-0.15, -0.1) is 0 Å². The molecule has 2 aliphatic heterocycles. The molecule has 2 amide bonds. The Morgan fingerprint density at radius 2 is 2.28 bits per heavy atom. The second-order valence-electron chi connectivity index (χ2n) is 5.26. The second kappa shape index (κ2) is 6.34. The summed E-state index contributed by atoms with van der Waals surface area (Å²) in [6.45, 7) is 0.783. The van der Waals surface area contributed by atoms with Crippen LogP contribution >= 0.6 is 24.0 Å². The number of fused-ring (bicyclic) bond motifs is 1. The second-order valence-corrected chi connectivity index (χ2v) is 6.98. The Labute approximate surface area is 152 Å². The van der Waals surface area contributed by atoms with Crippen molar-refractivity contribution < 1.29 is 18.8 Å². The molecule has 126 valence electrons. The predicted octanol–water partition coefficient (Wildman–Crippen LogP) is 2.20. The zero-order valence-corrected chi connectivity index (χ0v) is 14.4. The molecule has 7 nitrogen and oxygen atoms in total. The summed E-state index contributed by atoms with van der Waals surface area (Å²) in [6, 6.07) is 6.91. The third-order valence-electron chi connectivity index (χ3n) is 3.68. The van der Waals surface area contributed by atoms with Crippen molar-refractivity contribution in [2.24, 2.45) is 0 Å². The molecule has 1 N–H and O–H groups in total. The first kappa shape index (κ1) is 15.9. The summed E-state index contributed by atoms with van der Waals surface area (Å²) in [7, 11) is 0. The van der Waals surface area contributed by atoms with Crippen LogP contribution in [0.25, 0.3) is 6.08 Å². The van der Waals surface area contributed by atoms with Crippen LogP contribution in [-0.2, 0) is 4.79 Å². The third-order valence-corrected chi connectivity index (χ3v) is 4.84. The molecule has 2 aliphatic rings. The largest absolute Gasteiger partial charge is 0.490 e.